The molecule has 2 aliphatic carbocycles. The fourth-order valence-electron chi connectivity index (χ4n) is 6.15. The van der Waals surface area contributed by atoms with E-state index in [2.05, 4.69) is 13.8 Å². The number of allylic oxidation sites excluding steroid dienone is 2. The number of rotatable bonds is 8. The summed E-state index contributed by atoms with van der Waals surface area (Å²) in [6, 6.07) is 0. The quantitative estimate of drug-likeness (QED) is 0.338. The average Bonchev–Trinajstić information content (AvgIpc) is 2.77. The maximum absolute atomic E-state index is 13.8. The molecular formula is C26H42F4O2. The Kier molecular flexibility index (Phi) is 9.90. The van der Waals surface area contributed by atoms with Gasteiger partial charge in [0.05, 0.1) is 19.3 Å². The van der Waals surface area contributed by atoms with Gasteiger partial charge in [0.1, 0.15) is 5.83 Å². The van der Waals surface area contributed by atoms with Crippen LogP contribution in [0.2, 0.25) is 0 Å². The van der Waals surface area contributed by atoms with Crippen LogP contribution < -0.4 is 0 Å². The highest BCUT2D eigenvalue weighted by molar-refractivity contribution is 5.03. The number of hydrogen-bond acceptors (Lipinski definition) is 2. The Hall–Kier alpha value is -0.620. The average molecular weight is 463 g/mol. The number of halogens is 4. The van der Waals surface area contributed by atoms with Gasteiger partial charge in [-0.15, -0.1) is 0 Å². The Balaban J connectivity index is 1.30. The minimum absolute atomic E-state index is 0.159. The topological polar surface area (TPSA) is 18.5 Å². The lowest BCUT2D eigenvalue weighted by Crippen LogP contribution is -2.38. The van der Waals surface area contributed by atoms with Crippen LogP contribution in [0.25, 0.3) is 0 Å². The van der Waals surface area contributed by atoms with Crippen molar-refractivity contribution < 1.29 is 27.0 Å². The van der Waals surface area contributed by atoms with E-state index in [4.69, 9.17) is 9.47 Å². The molecular weight excluding hydrogens is 420 g/mol. The van der Waals surface area contributed by atoms with Gasteiger partial charge in [-0.05, 0) is 62.7 Å². The summed E-state index contributed by atoms with van der Waals surface area (Å²) in [6.45, 7) is 6.11. The lowest BCUT2D eigenvalue weighted by molar-refractivity contribution is -0.230. The molecule has 0 aromatic heterocycles. The molecule has 0 radical (unpaired) electrons. The lowest BCUT2D eigenvalue weighted by Gasteiger charge is -2.38. The first-order chi connectivity index (χ1) is 15.2. The number of hydrogen-bond donors (Lipinski definition) is 0. The van der Waals surface area contributed by atoms with Crippen LogP contribution in [-0.4, -0.2) is 25.7 Å². The molecule has 0 aromatic carbocycles. The van der Waals surface area contributed by atoms with Gasteiger partial charge in [0.25, 0.3) is 0 Å². The minimum atomic E-state index is -4.58. The monoisotopic (exact) mass is 462 g/mol. The molecule has 2 saturated carbocycles. The molecule has 0 aromatic rings. The van der Waals surface area contributed by atoms with Crippen LogP contribution >= 0.6 is 0 Å². The van der Waals surface area contributed by atoms with Gasteiger partial charge in [-0.25, -0.2) is 4.39 Å². The predicted octanol–water partition coefficient (Wildman–Crippen LogP) is 8.22. The van der Waals surface area contributed by atoms with Crippen LogP contribution in [0.1, 0.15) is 90.9 Å². The van der Waals surface area contributed by atoms with Crippen LogP contribution in [0, 0.1) is 35.5 Å². The summed E-state index contributed by atoms with van der Waals surface area (Å²) in [5.74, 6) is 1.57. The Morgan fingerprint density at radius 1 is 0.906 bits per heavy atom. The predicted molar refractivity (Wildman–Crippen MR) is 119 cm³/mol. The highest BCUT2D eigenvalue weighted by atomic mass is 19.4. The van der Waals surface area contributed by atoms with Crippen LogP contribution in [0.3, 0.4) is 0 Å². The normalized spacial score (nSPS) is 36.1. The smallest absolute Gasteiger partial charge is 0.352 e. The van der Waals surface area contributed by atoms with Crippen molar-refractivity contribution in [1.29, 1.82) is 0 Å². The summed E-state index contributed by atoms with van der Waals surface area (Å²) in [4.78, 5) is 0. The third-order valence-corrected chi connectivity index (χ3v) is 8.26. The van der Waals surface area contributed by atoms with E-state index in [0.29, 0.717) is 44.8 Å². The molecule has 1 aliphatic heterocycles. The second kappa shape index (κ2) is 12.2. The number of ether oxygens (including phenoxy) is 2. The molecule has 0 bridgehead atoms. The van der Waals surface area contributed by atoms with Crippen molar-refractivity contribution in [2.45, 2.75) is 103 Å². The van der Waals surface area contributed by atoms with E-state index in [0.717, 1.165) is 24.2 Å². The van der Waals surface area contributed by atoms with Gasteiger partial charge in [-0.1, -0.05) is 46.0 Å². The molecule has 3 aliphatic rings. The standard InChI is InChI=1S/C26H42F4O2/c1-3-4-18(2)21-9-7-19(8-10-21)5-6-20-16-31-25(32-17-20)23-13-11-22(12-14-23)24(27)15-26(28,29)30/h15,18-23,25H,3-14,16-17H2,1-2H3/b24-15-. The van der Waals surface area contributed by atoms with Gasteiger partial charge in [0, 0.05) is 17.8 Å². The van der Waals surface area contributed by atoms with E-state index in [1.165, 1.54) is 44.9 Å². The van der Waals surface area contributed by atoms with E-state index < -0.39 is 17.9 Å². The summed E-state index contributed by atoms with van der Waals surface area (Å²) in [6.07, 6.45) is 7.63. The van der Waals surface area contributed by atoms with Crippen molar-refractivity contribution >= 4 is 0 Å². The van der Waals surface area contributed by atoms with Crippen molar-refractivity contribution in [2.24, 2.45) is 35.5 Å². The van der Waals surface area contributed by atoms with Crippen LogP contribution in [0.4, 0.5) is 17.6 Å². The van der Waals surface area contributed by atoms with Crippen LogP contribution in [0.5, 0.6) is 0 Å². The van der Waals surface area contributed by atoms with Crippen molar-refractivity contribution in [3.63, 3.8) is 0 Å². The molecule has 1 heterocycles. The summed E-state index contributed by atoms with van der Waals surface area (Å²) in [7, 11) is 0. The van der Waals surface area contributed by atoms with Crippen molar-refractivity contribution in [3.05, 3.63) is 11.9 Å². The van der Waals surface area contributed by atoms with Gasteiger partial charge in [0.15, 0.2) is 6.29 Å². The van der Waals surface area contributed by atoms with Crippen molar-refractivity contribution in [3.8, 4) is 0 Å². The largest absolute Gasteiger partial charge is 0.412 e. The fraction of sp³-hybridized carbons (Fsp3) is 0.923. The summed E-state index contributed by atoms with van der Waals surface area (Å²) in [5, 5.41) is 0. The molecule has 2 nitrogen and oxygen atoms in total. The summed E-state index contributed by atoms with van der Waals surface area (Å²) < 4.78 is 62.9. The third kappa shape index (κ3) is 8.00. The SMILES string of the molecule is CCCC(C)C1CCC(CCC2COC(C3CCC(/C(F)=C/C(F)(F)F)CC3)OC2)CC1. The first kappa shape index (κ1) is 26.0. The van der Waals surface area contributed by atoms with Crippen molar-refractivity contribution in [2.75, 3.05) is 13.2 Å². The zero-order valence-corrected chi connectivity index (χ0v) is 19.8. The third-order valence-electron chi connectivity index (χ3n) is 8.26. The Morgan fingerprint density at radius 2 is 1.50 bits per heavy atom. The second-order valence-electron chi connectivity index (χ2n) is 10.7. The van der Waals surface area contributed by atoms with E-state index in [-0.39, 0.29) is 18.3 Å². The lowest BCUT2D eigenvalue weighted by atomic mass is 9.73. The van der Waals surface area contributed by atoms with E-state index in [9.17, 15) is 17.6 Å². The fourth-order valence-corrected chi connectivity index (χ4v) is 6.15. The van der Waals surface area contributed by atoms with Crippen LogP contribution in [-0.2, 0) is 9.47 Å². The molecule has 0 amide bonds. The van der Waals surface area contributed by atoms with Gasteiger partial charge >= 0.3 is 6.18 Å². The van der Waals surface area contributed by atoms with Crippen molar-refractivity contribution in [1.82, 2.24) is 0 Å². The zero-order valence-electron chi connectivity index (χ0n) is 19.8. The highest BCUT2D eigenvalue weighted by Crippen LogP contribution is 2.40. The molecule has 3 fully saturated rings. The molecule has 0 N–H and O–H groups in total. The minimum Gasteiger partial charge on any atom is -0.352 e. The van der Waals surface area contributed by atoms with Gasteiger partial charge in [-0.2, -0.15) is 13.2 Å². The second-order valence-corrected chi connectivity index (χ2v) is 10.7. The van der Waals surface area contributed by atoms with E-state index >= 15 is 0 Å². The Labute approximate surface area is 191 Å². The summed E-state index contributed by atoms with van der Waals surface area (Å²) >= 11 is 0. The molecule has 186 valence electrons. The van der Waals surface area contributed by atoms with Gasteiger partial charge < -0.3 is 9.47 Å². The molecule has 3 rings (SSSR count). The molecule has 1 atom stereocenters. The van der Waals surface area contributed by atoms with Gasteiger partial charge in [-0.3, -0.25) is 0 Å². The molecule has 6 heteroatoms. The molecule has 1 saturated heterocycles. The van der Waals surface area contributed by atoms with E-state index in [1.807, 2.05) is 0 Å². The Morgan fingerprint density at radius 3 is 2.06 bits per heavy atom. The first-order valence-corrected chi connectivity index (χ1v) is 12.9. The maximum atomic E-state index is 13.8. The molecule has 0 spiro atoms. The maximum Gasteiger partial charge on any atom is 0.412 e. The first-order valence-electron chi connectivity index (χ1n) is 12.9. The van der Waals surface area contributed by atoms with E-state index in [1.54, 1.807) is 0 Å². The Bertz CT molecular complexity index is 567. The van der Waals surface area contributed by atoms with Gasteiger partial charge in [0.2, 0.25) is 0 Å². The molecule has 32 heavy (non-hydrogen) atoms. The molecule has 1 unspecified atom stereocenters. The zero-order chi connectivity index (χ0) is 23.1. The highest BCUT2D eigenvalue weighted by Gasteiger charge is 2.35. The summed E-state index contributed by atoms with van der Waals surface area (Å²) in [5.41, 5.74) is 0. The number of alkyl halides is 3. The van der Waals surface area contributed by atoms with Crippen LogP contribution in [0.15, 0.2) is 11.9 Å².